The van der Waals surface area contributed by atoms with E-state index >= 15 is 0 Å². The molecule has 0 unspecified atom stereocenters. The summed E-state index contributed by atoms with van der Waals surface area (Å²) < 4.78 is 32.3. The second-order valence-electron chi connectivity index (χ2n) is 3.96. The summed E-state index contributed by atoms with van der Waals surface area (Å²) in [4.78, 5) is 10.5. The van der Waals surface area contributed by atoms with E-state index in [-0.39, 0.29) is 12.2 Å². The largest absolute Gasteiger partial charge is 0.483 e. The van der Waals surface area contributed by atoms with E-state index in [4.69, 9.17) is 27.9 Å². The van der Waals surface area contributed by atoms with Crippen molar-refractivity contribution in [3.05, 3.63) is 63.1 Å². The van der Waals surface area contributed by atoms with Crippen LogP contribution in [0.25, 0.3) is 0 Å². The lowest BCUT2D eigenvalue weighted by atomic mass is 10.2. The fraction of sp³-hybridized carbons (Fsp3) is 0.0714. The molecule has 2 nitrogen and oxygen atoms in total. The van der Waals surface area contributed by atoms with Crippen LogP contribution >= 0.6 is 23.2 Å². The maximum Gasteiger partial charge on any atom is 0.191 e. The maximum atomic E-state index is 13.6. The molecule has 0 radical (unpaired) electrons. The van der Waals surface area contributed by atoms with E-state index < -0.39 is 17.4 Å². The number of rotatable bonds is 4. The smallest absolute Gasteiger partial charge is 0.191 e. The monoisotopic (exact) mass is 316 g/mol. The van der Waals surface area contributed by atoms with Crippen LogP contribution in [0, 0.1) is 11.6 Å². The lowest BCUT2D eigenvalue weighted by molar-refractivity contribution is 0.112. The van der Waals surface area contributed by atoms with E-state index in [1.54, 1.807) is 12.1 Å². The van der Waals surface area contributed by atoms with Gasteiger partial charge in [0.2, 0.25) is 0 Å². The van der Waals surface area contributed by atoms with Crippen LogP contribution in [0.4, 0.5) is 8.78 Å². The molecule has 0 saturated heterocycles. The molecule has 6 heteroatoms. The molecule has 0 aliphatic rings. The Morgan fingerprint density at radius 3 is 2.30 bits per heavy atom. The maximum absolute atomic E-state index is 13.6. The predicted molar refractivity (Wildman–Crippen MR) is 72.5 cm³/mol. The Morgan fingerprint density at radius 1 is 1.10 bits per heavy atom. The highest BCUT2D eigenvalue weighted by Crippen LogP contribution is 2.26. The summed E-state index contributed by atoms with van der Waals surface area (Å²) in [6, 6.07) is 6.49. The van der Waals surface area contributed by atoms with Crippen LogP contribution in [-0.2, 0) is 6.61 Å². The molecular weight excluding hydrogens is 309 g/mol. The van der Waals surface area contributed by atoms with Gasteiger partial charge in [0.05, 0.1) is 0 Å². The minimum absolute atomic E-state index is 0.100. The number of ether oxygens (including phenoxy) is 1. The highest BCUT2D eigenvalue weighted by molar-refractivity contribution is 6.35. The van der Waals surface area contributed by atoms with E-state index in [0.29, 0.717) is 21.9 Å². The van der Waals surface area contributed by atoms with Crippen LogP contribution in [0.1, 0.15) is 15.9 Å². The quantitative estimate of drug-likeness (QED) is 0.767. The molecule has 0 saturated carbocycles. The summed E-state index contributed by atoms with van der Waals surface area (Å²) in [6.45, 7) is -0.121. The molecule has 0 aromatic heterocycles. The van der Waals surface area contributed by atoms with Crippen LogP contribution in [0.15, 0.2) is 30.3 Å². The normalized spacial score (nSPS) is 10.4. The first-order chi connectivity index (χ1) is 9.51. The van der Waals surface area contributed by atoms with E-state index in [1.807, 2.05) is 0 Å². The highest BCUT2D eigenvalue weighted by Gasteiger charge is 2.13. The number of benzene rings is 2. The zero-order valence-corrected chi connectivity index (χ0v) is 11.5. The molecule has 2 aromatic carbocycles. The molecule has 2 rings (SSSR count). The lowest BCUT2D eigenvalue weighted by Gasteiger charge is -2.10. The lowest BCUT2D eigenvalue weighted by Crippen LogP contribution is -2.01. The van der Waals surface area contributed by atoms with Crippen molar-refractivity contribution in [1.82, 2.24) is 0 Å². The average molecular weight is 317 g/mol. The number of carbonyl (C=O) groups excluding carboxylic acids is 1. The minimum Gasteiger partial charge on any atom is -0.483 e. The fourth-order valence-electron chi connectivity index (χ4n) is 1.57. The first-order valence-electron chi connectivity index (χ1n) is 5.52. The zero-order chi connectivity index (χ0) is 14.7. The minimum atomic E-state index is -0.947. The van der Waals surface area contributed by atoms with E-state index in [0.717, 1.165) is 12.1 Å². The third-order valence-corrected chi connectivity index (χ3v) is 3.13. The summed E-state index contributed by atoms with van der Waals surface area (Å²) in [6.07, 6.45) is 0.353. The zero-order valence-electron chi connectivity index (χ0n) is 10.00. The van der Waals surface area contributed by atoms with Crippen molar-refractivity contribution in [3.63, 3.8) is 0 Å². The van der Waals surface area contributed by atoms with Gasteiger partial charge in [-0.1, -0.05) is 29.3 Å². The first-order valence-corrected chi connectivity index (χ1v) is 6.28. The number of carbonyl (C=O) groups is 1. The number of hydrogen-bond acceptors (Lipinski definition) is 2. The van der Waals surface area contributed by atoms with Gasteiger partial charge in [-0.15, -0.1) is 0 Å². The Kier molecular flexibility index (Phi) is 4.57. The van der Waals surface area contributed by atoms with Crippen LogP contribution in [0.2, 0.25) is 10.0 Å². The Bertz CT molecular complexity index is 637. The van der Waals surface area contributed by atoms with Crippen molar-refractivity contribution in [2.75, 3.05) is 0 Å². The van der Waals surface area contributed by atoms with Crippen molar-refractivity contribution in [1.29, 1.82) is 0 Å². The predicted octanol–water partition coefficient (Wildman–Crippen LogP) is 4.66. The van der Waals surface area contributed by atoms with Gasteiger partial charge in [0.1, 0.15) is 12.9 Å². The van der Waals surface area contributed by atoms with Gasteiger partial charge in [0.25, 0.3) is 0 Å². The number of halogens is 4. The second-order valence-corrected chi connectivity index (χ2v) is 4.80. The van der Waals surface area contributed by atoms with E-state index in [1.165, 1.54) is 6.07 Å². The van der Waals surface area contributed by atoms with E-state index in [9.17, 15) is 13.6 Å². The third kappa shape index (κ3) is 3.26. The van der Waals surface area contributed by atoms with Gasteiger partial charge in [-0.2, -0.15) is 0 Å². The summed E-state index contributed by atoms with van der Waals surface area (Å²) >= 11 is 11.7. The fourth-order valence-corrected chi connectivity index (χ4v) is 2.04. The Hall–Kier alpha value is -1.65. The van der Waals surface area contributed by atoms with Gasteiger partial charge in [-0.25, -0.2) is 8.78 Å². The Labute approximate surface area is 123 Å². The summed E-state index contributed by atoms with van der Waals surface area (Å²) in [5, 5.41) is 0.786. The highest BCUT2D eigenvalue weighted by atomic mass is 35.5. The van der Waals surface area contributed by atoms with Crippen LogP contribution in [0.5, 0.6) is 5.75 Å². The average Bonchev–Trinajstić information content (AvgIpc) is 2.39. The van der Waals surface area contributed by atoms with Crippen molar-refractivity contribution in [2.45, 2.75) is 6.61 Å². The van der Waals surface area contributed by atoms with Gasteiger partial charge in [0.15, 0.2) is 17.4 Å². The van der Waals surface area contributed by atoms with Gasteiger partial charge >= 0.3 is 0 Å². The molecule has 0 N–H and O–H groups in total. The van der Waals surface area contributed by atoms with Crippen LogP contribution in [0.3, 0.4) is 0 Å². The molecule has 0 heterocycles. The summed E-state index contributed by atoms with van der Waals surface area (Å²) in [5.41, 5.74) is 0.436. The standard InChI is InChI=1S/C14H8Cl2F2O2/c15-10-2-1-9(11(16)5-10)7-20-14-12(17)3-8(6-19)4-13(14)18/h1-6H,7H2. The van der Waals surface area contributed by atoms with Crippen LogP contribution in [-0.4, -0.2) is 6.29 Å². The molecule has 0 atom stereocenters. The topological polar surface area (TPSA) is 26.3 Å². The first kappa shape index (κ1) is 14.8. The molecule has 2 aromatic rings. The van der Waals surface area contributed by atoms with E-state index in [2.05, 4.69) is 0 Å². The molecule has 0 bridgehead atoms. The van der Waals surface area contributed by atoms with Crippen molar-refractivity contribution >= 4 is 29.5 Å². The molecule has 0 aliphatic heterocycles. The number of aldehydes is 1. The van der Waals surface area contributed by atoms with Gasteiger partial charge in [-0.3, -0.25) is 4.79 Å². The van der Waals surface area contributed by atoms with Gasteiger partial charge < -0.3 is 4.74 Å². The summed E-state index contributed by atoms with van der Waals surface area (Å²) in [5.74, 6) is -2.45. The molecule has 0 fully saturated rings. The molecule has 20 heavy (non-hydrogen) atoms. The molecule has 0 spiro atoms. The Morgan fingerprint density at radius 2 is 1.75 bits per heavy atom. The third-order valence-electron chi connectivity index (χ3n) is 2.54. The molecule has 0 aliphatic carbocycles. The Balaban J connectivity index is 2.21. The van der Waals surface area contributed by atoms with Crippen molar-refractivity contribution < 1.29 is 18.3 Å². The van der Waals surface area contributed by atoms with Crippen LogP contribution < -0.4 is 4.74 Å². The molecule has 0 amide bonds. The molecular formula is C14H8Cl2F2O2. The van der Waals surface area contributed by atoms with Gasteiger partial charge in [0, 0.05) is 21.2 Å². The molecule has 104 valence electrons. The number of hydrogen-bond donors (Lipinski definition) is 0. The van der Waals surface area contributed by atoms with Gasteiger partial charge in [-0.05, 0) is 24.3 Å². The SMILES string of the molecule is O=Cc1cc(F)c(OCc2ccc(Cl)cc2Cl)c(F)c1. The summed E-state index contributed by atoms with van der Waals surface area (Å²) in [7, 11) is 0. The van der Waals surface area contributed by atoms with Crippen molar-refractivity contribution in [2.24, 2.45) is 0 Å². The van der Waals surface area contributed by atoms with Crippen molar-refractivity contribution in [3.8, 4) is 5.75 Å². The second kappa shape index (κ2) is 6.20.